The molecule has 4 nitrogen and oxygen atoms in total. The lowest BCUT2D eigenvalue weighted by Gasteiger charge is -2.10. The monoisotopic (exact) mass is 331 g/mol. The maximum Gasteiger partial charge on any atom is 0.233 e. The van der Waals surface area contributed by atoms with E-state index in [2.05, 4.69) is 30.4 Å². The summed E-state index contributed by atoms with van der Waals surface area (Å²) in [6.45, 7) is 3.81. The molecule has 0 aliphatic carbocycles. The lowest BCUT2D eigenvalue weighted by molar-refractivity contribution is -0.120. The molecule has 1 unspecified atom stereocenters. The first kappa shape index (κ1) is 16.1. The Bertz CT molecular complexity index is 654. The Morgan fingerprint density at radius 2 is 2.35 bits per heavy atom. The van der Waals surface area contributed by atoms with Crippen LogP contribution in [-0.4, -0.2) is 24.3 Å². The van der Waals surface area contributed by atoms with Gasteiger partial charge in [-0.15, -0.1) is 11.8 Å². The summed E-state index contributed by atoms with van der Waals surface area (Å²) in [5.41, 5.74) is 2.52. The summed E-state index contributed by atoms with van der Waals surface area (Å²) in [6.07, 6.45) is 3.26. The van der Waals surface area contributed by atoms with Gasteiger partial charge in [-0.25, -0.2) is 0 Å². The van der Waals surface area contributed by atoms with E-state index >= 15 is 0 Å². The van der Waals surface area contributed by atoms with E-state index < -0.39 is 0 Å². The van der Waals surface area contributed by atoms with Gasteiger partial charge in [0.1, 0.15) is 12.4 Å². The standard InChI is InChI=1S/C18H21NO3S/c1-13-5-6-14-11-17(23-16(14)10-13)18(20)19-7-3-8-21-12-15-4-2-9-22-15/h2,4-6,9-10,17H,3,7-8,11-12H2,1H3,(H,19,20). The predicted octanol–water partition coefficient (Wildman–Crippen LogP) is 3.33. The zero-order valence-electron chi connectivity index (χ0n) is 13.2. The molecule has 2 heterocycles. The average molecular weight is 331 g/mol. The van der Waals surface area contributed by atoms with Crippen LogP contribution in [0.1, 0.15) is 23.3 Å². The first-order valence-electron chi connectivity index (χ1n) is 7.86. The lowest BCUT2D eigenvalue weighted by Crippen LogP contribution is -2.33. The van der Waals surface area contributed by atoms with Crippen LogP contribution in [0.2, 0.25) is 0 Å². The topological polar surface area (TPSA) is 51.5 Å². The highest BCUT2D eigenvalue weighted by Gasteiger charge is 2.27. The molecular formula is C18H21NO3S. The minimum atomic E-state index is -0.00385. The van der Waals surface area contributed by atoms with Gasteiger partial charge >= 0.3 is 0 Å². The Morgan fingerprint density at radius 3 is 3.17 bits per heavy atom. The highest BCUT2D eigenvalue weighted by molar-refractivity contribution is 8.01. The highest BCUT2D eigenvalue weighted by atomic mass is 32.2. The second-order valence-corrected chi connectivity index (χ2v) is 6.94. The fourth-order valence-corrected chi connectivity index (χ4v) is 3.86. The number of nitrogens with one attached hydrogen (secondary N) is 1. The van der Waals surface area contributed by atoms with E-state index in [1.165, 1.54) is 16.0 Å². The molecule has 1 N–H and O–H groups in total. The van der Waals surface area contributed by atoms with Gasteiger partial charge in [0.2, 0.25) is 5.91 Å². The Labute approximate surface area is 140 Å². The van der Waals surface area contributed by atoms with Crippen molar-refractivity contribution >= 4 is 17.7 Å². The summed E-state index contributed by atoms with van der Waals surface area (Å²) in [4.78, 5) is 13.5. The number of carbonyl (C=O) groups excluding carboxylic acids is 1. The summed E-state index contributed by atoms with van der Waals surface area (Å²) in [7, 11) is 0. The molecular weight excluding hydrogens is 310 g/mol. The fourth-order valence-electron chi connectivity index (χ4n) is 2.55. The first-order valence-corrected chi connectivity index (χ1v) is 8.74. The molecule has 1 aliphatic heterocycles. The maximum atomic E-state index is 12.2. The van der Waals surface area contributed by atoms with Crippen molar-refractivity contribution in [2.24, 2.45) is 0 Å². The summed E-state index contributed by atoms with van der Waals surface area (Å²) >= 11 is 1.67. The van der Waals surface area contributed by atoms with Crippen molar-refractivity contribution in [3.05, 3.63) is 53.5 Å². The molecule has 23 heavy (non-hydrogen) atoms. The highest BCUT2D eigenvalue weighted by Crippen LogP contribution is 2.37. The normalized spacial score (nSPS) is 16.3. The first-order chi connectivity index (χ1) is 11.2. The molecule has 1 aromatic carbocycles. The number of hydrogen-bond acceptors (Lipinski definition) is 4. The number of hydrogen-bond donors (Lipinski definition) is 1. The number of rotatable bonds is 7. The summed E-state index contributed by atoms with van der Waals surface area (Å²) in [5, 5.41) is 3.00. The Kier molecular flexibility index (Phi) is 5.41. The van der Waals surface area contributed by atoms with Crippen molar-refractivity contribution < 1.29 is 13.9 Å². The zero-order chi connectivity index (χ0) is 16.1. The van der Waals surface area contributed by atoms with Crippen molar-refractivity contribution in [3.63, 3.8) is 0 Å². The van der Waals surface area contributed by atoms with Crippen LogP contribution in [0.4, 0.5) is 0 Å². The van der Waals surface area contributed by atoms with Gasteiger partial charge in [-0.1, -0.05) is 17.7 Å². The number of ether oxygens (including phenoxy) is 1. The number of fused-ring (bicyclic) bond motifs is 1. The smallest absolute Gasteiger partial charge is 0.233 e. The van der Waals surface area contributed by atoms with Crippen LogP contribution in [0, 0.1) is 6.92 Å². The van der Waals surface area contributed by atoms with Gasteiger partial charge in [0.15, 0.2) is 0 Å². The minimum Gasteiger partial charge on any atom is -0.467 e. The number of furan rings is 1. The van der Waals surface area contributed by atoms with E-state index in [0.717, 1.165) is 18.6 Å². The molecule has 122 valence electrons. The SMILES string of the molecule is Cc1ccc2c(c1)SC(C(=O)NCCCOCc1ccco1)C2. The van der Waals surface area contributed by atoms with Crippen LogP contribution < -0.4 is 5.32 Å². The van der Waals surface area contributed by atoms with Gasteiger partial charge in [0.05, 0.1) is 11.5 Å². The minimum absolute atomic E-state index is 0.00385. The van der Waals surface area contributed by atoms with Gasteiger partial charge in [-0.05, 0) is 43.5 Å². The molecule has 1 amide bonds. The third-order valence-corrected chi connectivity index (χ3v) is 5.08. The Hall–Kier alpha value is -1.72. The van der Waals surface area contributed by atoms with Crippen molar-refractivity contribution in [1.82, 2.24) is 5.32 Å². The van der Waals surface area contributed by atoms with Gasteiger partial charge in [-0.2, -0.15) is 0 Å². The fraction of sp³-hybridized carbons (Fsp3) is 0.389. The van der Waals surface area contributed by atoms with Gasteiger partial charge in [-0.3, -0.25) is 4.79 Å². The number of thioether (sulfide) groups is 1. The largest absolute Gasteiger partial charge is 0.467 e. The third-order valence-electron chi connectivity index (χ3n) is 3.78. The van der Waals surface area contributed by atoms with E-state index in [1.54, 1.807) is 18.0 Å². The molecule has 0 radical (unpaired) electrons. The summed E-state index contributed by atoms with van der Waals surface area (Å²) in [6, 6.07) is 10.1. The Balaban J connectivity index is 1.33. The lowest BCUT2D eigenvalue weighted by atomic mass is 10.1. The third kappa shape index (κ3) is 4.39. The average Bonchev–Trinajstić information content (AvgIpc) is 3.19. The molecule has 2 aromatic rings. The number of carbonyl (C=O) groups is 1. The van der Waals surface area contributed by atoms with Crippen LogP contribution in [0.25, 0.3) is 0 Å². The molecule has 0 fully saturated rings. The van der Waals surface area contributed by atoms with E-state index in [-0.39, 0.29) is 11.2 Å². The number of amides is 1. The molecule has 0 saturated carbocycles. The zero-order valence-corrected chi connectivity index (χ0v) is 14.0. The molecule has 3 rings (SSSR count). The van der Waals surface area contributed by atoms with Crippen molar-refractivity contribution in [2.45, 2.75) is 36.5 Å². The van der Waals surface area contributed by atoms with Gasteiger partial charge in [0.25, 0.3) is 0 Å². The van der Waals surface area contributed by atoms with Crippen LogP contribution in [0.15, 0.2) is 45.9 Å². The molecule has 0 bridgehead atoms. The maximum absolute atomic E-state index is 12.2. The van der Waals surface area contributed by atoms with Crippen LogP contribution >= 0.6 is 11.8 Å². The predicted molar refractivity (Wildman–Crippen MR) is 90.5 cm³/mol. The van der Waals surface area contributed by atoms with Gasteiger partial charge < -0.3 is 14.5 Å². The van der Waals surface area contributed by atoms with E-state index in [1.807, 2.05) is 12.1 Å². The van der Waals surface area contributed by atoms with Crippen LogP contribution in [0.3, 0.4) is 0 Å². The van der Waals surface area contributed by atoms with Crippen molar-refractivity contribution in [1.29, 1.82) is 0 Å². The number of aryl methyl sites for hydroxylation is 1. The molecule has 1 aromatic heterocycles. The second-order valence-electron chi connectivity index (χ2n) is 5.70. The number of benzene rings is 1. The van der Waals surface area contributed by atoms with E-state index in [9.17, 15) is 4.79 Å². The molecule has 1 aliphatic rings. The van der Waals surface area contributed by atoms with Crippen molar-refractivity contribution in [2.75, 3.05) is 13.2 Å². The quantitative estimate of drug-likeness (QED) is 0.791. The van der Waals surface area contributed by atoms with E-state index in [0.29, 0.717) is 19.8 Å². The molecule has 5 heteroatoms. The summed E-state index contributed by atoms with van der Waals surface area (Å²) < 4.78 is 10.7. The van der Waals surface area contributed by atoms with Crippen LogP contribution in [0.5, 0.6) is 0 Å². The molecule has 0 saturated heterocycles. The molecule has 1 atom stereocenters. The second kappa shape index (κ2) is 7.70. The van der Waals surface area contributed by atoms with Crippen LogP contribution in [-0.2, 0) is 22.6 Å². The van der Waals surface area contributed by atoms with E-state index in [4.69, 9.17) is 9.15 Å². The molecule has 0 spiro atoms. The summed E-state index contributed by atoms with van der Waals surface area (Å²) in [5.74, 6) is 0.944. The Morgan fingerprint density at radius 1 is 1.43 bits per heavy atom. The van der Waals surface area contributed by atoms with Crippen molar-refractivity contribution in [3.8, 4) is 0 Å². The van der Waals surface area contributed by atoms with Gasteiger partial charge in [0, 0.05) is 18.0 Å².